The zero-order chi connectivity index (χ0) is 15.4. The van der Waals surface area contributed by atoms with Crippen molar-refractivity contribution in [2.24, 2.45) is 0 Å². The van der Waals surface area contributed by atoms with Gasteiger partial charge in [-0.2, -0.15) is 0 Å². The molecule has 0 bridgehead atoms. The molecule has 1 atom stereocenters. The van der Waals surface area contributed by atoms with Gasteiger partial charge in [0.05, 0.1) is 22.2 Å². The lowest BCUT2D eigenvalue weighted by Crippen LogP contribution is -2.11. The van der Waals surface area contributed by atoms with Crippen LogP contribution in [0.5, 0.6) is 0 Å². The smallest absolute Gasteiger partial charge is 0.337 e. The van der Waals surface area contributed by atoms with Crippen molar-refractivity contribution in [2.45, 2.75) is 13.0 Å². The van der Waals surface area contributed by atoms with Crippen molar-refractivity contribution in [3.05, 3.63) is 64.0 Å². The van der Waals surface area contributed by atoms with Crippen LogP contribution in [0.15, 0.2) is 42.7 Å². The highest BCUT2D eigenvalue weighted by atomic mass is 16.6. The maximum atomic E-state index is 11.2. The van der Waals surface area contributed by atoms with E-state index in [1.165, 1.54) is 18.2 Å². The van der Waals surface area contributed by atoms with E-state index < -0.39 is 10.9 Å². The summed E-state index contributed by atoms with van der Waals surface area (Å²) in [5.74, 6) is -1.15. The van der Waals surface area contributed by atoms with Crippen LogP contribution in [0.3, 0.4) is 0 Å². The van der Waals surface area contributed by atoms with E-state index in [1.807, 2.05) is 13.0 Å². The molecule has 2 N–H and O–H groups in total. The minimum atomic E-state index is -1.15. The Morgan fingerprint density at radius 1 is 1.43 bits per heavy atom. The van der Waals surface area contributed by atoms with Gasteiger partial charge in [0, 0.05) is 24.5 Å². The number of carbonyl (C=O) groups is 1. The first-order chi connectivity index (χ1) is 9.99. The van der Waals surface area contributed by atoms with E-state index in [0.29, 0.717) is 0 Å². The molecule has 0 radical (unpaired) electrons. The normalized spacial score (nSPS) is 11.7. The molecule has 1 unspecified atom stereocenters. The third-order valence-electron chi connectivity index (χ3n) is 3.00. The minimum absolute atomic E-state index is 0.0173. The summed E-state index contributed by atoms with van der Waals surface area (Å²) in [5.41, 5.74) is 0.866. The Balaban J connectivity index is 2.35. The molecule has 0 spiro atoms. The summed E-state index contributed by atoms with van der Waals surface area (Å²) in [6.07, 6.45) is 3.28. The number of hydrogen-bond acceptors (Lipinski definition) is 5. The average Bonchev–Trinajstić information content (AvgIpc) is 2.47. The van der Waals surface area contributed by atoms with E-state index in [2.05, 4.69) is 10.3 Å². The van der Waals surface area contributed by atoms with Crippen molar-refractivity contribution < 1.29 is 14.8 Å². The lowest BCUT2D eigenvalue weighted by atomic mass is 10.1. The highest BCUT2D eigenvalue weighted by Gasteiger charge is 2.17. The van der Waals surface area contributed by atoms with E-state index in [-0.39, 0.29) is 23.0 Å². The molecule has 0 aliphatic rings. The van der Waals surface area contributed by atoms with Crippen LogP contribution >= 0.6 is 0 Å². The van der Waals surface area contributed by atoms with E-state index >= 15 is 0 Å². The van der Waals surface area contributed by atoms with Gasteiger partial charge < -0.3 is 10.4 Å². The van der Waals surface area contributed by atoms with Crippen LogP contribution in [0, 0.1) is 10.1 Å². The Morgan fingerprint density at radius 3 is 2.76 bits per heavy atom. The maximum absolute atomic E-state index is 11.2. The number of pyridine rings is 1. The molecule has 0 amide bonds. The molecule has 1 aromatic carbocycles. The maximum Gasteiger partial charge on any atom is 0.337 e. The highest BCUT2D eigenvalue weighted by molar-refractivity contribution is 5.94. The van der Waals surface area contributed by atoms with Crippen LogP contribution in [-0.2, 0) is 0 Å². The van der Waals surface area contributed by atoms with Crippen LogP contribution in [0.2, 0.25) is 0 Å². The van der Waals surface area contributed by atoms with Gasteiger partial charge in [-0.3, -0.25) is 15.1 Å². The number of non-ortho nitro benzene ring substituents is 1. The number of nitro benzene ring substituents is 1. The predicted octanol–water partition coefficient (Wildman–Crippen LogP) is 2.86. The lowest BCUT2D eigenvalue weighted by molar-refractivity contribution is -0.384. The lowest BCUT2D eigenvalue weighted by Gasteiger charge is -2.16. The number of benzene rings is 1. The zero-order valence-electron chi connectivity index (χ0n) is 11.2. The van der Waals surface area contributed by atoms with E-state index in [0.717, 1.165) is 5.56 Å². The molecule has 7 heteroatoms. The van der Waals surface area contributed by atoms with Crippen molar-refractivity contribution in [3.8, 4) is 0 Å². The van der Waals surface area contributed by atoms with Gasteiger partial charge in [-0.25, -0.2) is 4.79 Å². The summed E-state index contributed by atoms with van der Waals surface area (Å²) < 4.78 is 0. The van der Waals surface area contributed by atoms with Crippen molar-refractivity contribution in [3.63, 3.8) is 0 Å². The second kappa shape index (κ2) is 6.00. The quantitative estimate of drug-likeness (QED) is 0.647. The molecule has 108 valence electrons. The van der Waals surface area contributed by atoms with Crippen molar-refractivity contribution in [1.82, 2.24) is 4.98 Å². The summed E-state index contributed by atoms with van der Waals surface area (Å²) in [4.78, 5) is 25.4. The predicted molar refractivity (Wildman–Crippen MR) is 76.3 cm³/mol. The number of carboxylic acids is 1. The van der Waals surface area contributed by atoms with Gasteiger partial charge in [-0.15, -0.1) is 0 Å². The van der Waals surface area contributed by atoms with E-state index in [9.17, 15) is 14.9 Å². The van der Waals surface area contributed by atoms with Crippen LogP contribution in [0.25, 0.3) is 0 Å². The Bertz CT molecular complexity index is 673. The van der Waals surface area contributed by atoms with Crippen molar-refractivity contribution in [2.75, 3.05) is 5.32 Å². The first-order valence-electron chi connectivity index (χ1n) is 6.17. The molecule has 1 aromatic heterocycles. The van der Waals surface area contributed by atoms with E-state index in [4.69, 9.17) is 5.11 Å². The number of rotatable bonds is 5. The fourth-order valence-corrected chi connectivity index (χ4v) is 1.90. The number of nitrogens with one attached hydrogen (secondary N) is 1. The number of aromatic nitrogens is 1. The van der Waals surface area contributed by atoms with Gasteiger partial charge in [-0.1, -0.05) is 6.07 Å². The van der Waals surface area contributed by atoms with Gasteiger partial charge in [-0.05, 0) is 24.6 Å². The molecule has 0 fully saturated rings. The van der Waals surface area contributed by atoms with Gasteiger partial charge in [0.1, 0.15) is 0 Å². The third kappa shape index (κ3) is 3.33. The summed E-state index contributed by atoms with van der Waals surface area (Å²) >= 11 is 0. The monoisotopic (exact) mass is 287 g/mol. The Kier molecular flexibility index (Phi) is 4.13. The second-order valence-electron chi connectivity index (χ2n) is 4.44. The van der Waals surface area contributed by atoms with E-state index in [1.54, 1.807) is 18.5 Å². The molecule has 0 saturated carbocycles. The van der Waals surface area contributed by atoms with Crippen LogP contribution in [0.1, 0.15) is 28.9 Å². The first-order valence-corrected chi connectivity index (χ1v) is 6.17. The Morgan fingerprint density at radius 2 is 2.19 bits per heavy atom. The molecule has 21 heavy (non-hydrogen) atoms. The molecular weight excluding hydrogens is 274 g/mol. The minimum Gasteiger partial charge on any atom is -0.478 e. The summed E-state index contributed by atoms with van der Waals surface area (Å²) in [6.45, 7) is 1.82. The van der Waals surface area contributed by atoms with Gasteiger partial charge in [0.25, 0.3) is 5.69 Å². The zero-order valence-corrected chi connectivity index (χ0v) is 11.2. The molecule has 0 saturated heterocycles. The summed E-state index contributed by atoms with van der Waals surface area (Å²) in [7, 11) is 0. The molecule has 0 aliphatic carbocycles. The summed E-state index contributed by atoms with van der Waals surface area (Å²) in [6, 6.07) is 6.97. The number of carboxylic acid groups (broad SMARTS) is 1. The molecular formula is C14H13N3O4. The number of anilines is 1. The highest BCUT2D eigenvalue weighted by Crippen LogP contribution is 2.26. The van der Waals surface area contributed by atoms with Crippen LogP contribution in [-0.4, -0.2) is 21.0 Å². The first kappa shape index (κ1) is 14.4. The Hall–Kier alpha value is -2.96. The standard InChI is InChI=1S/C14H13N3O4/c1-9(10-3-2-6-15-8-10)16-13-7-11(17(20)21)4-5-12(13)14(18)19/h2-9,16H,1H3,(H,18,19). The summed E-state index contributed by atoms with van der Waals surface area (Å²) in [5, 5.41) is 22.9. The average molecular weight is 287 g/mol. The van der Waals surface area contributed by atoms with Crippen LogP contribution in [0.4, 0.5) is 11.4 Å². The number of hydrogen-bond donors (Lipinski definition) is 2. The van der Waals surface area contributed by atoms with Gasteiger partial charge in [0.2, 0.25) is 0 Å². The number of nitro groups is 1. The molecule has 1 heterocycles. The van der Waals surface area contributed by atoms with Crippen LogP contribution < -0.4 is 5.32 Å². The van der Waals surface area contributed by atoms with Crippen molar-refractivity contribution in [1.29, 1.82) is 0 Å². The molecule has 2 rings (SSSR count). The van der Waals surface area contributed by atoms with Crippen molar-refractivity contribution >= 4 is 17.3 Å². The fraction of sp³-hybridized carbons (Fsp3) is 0.143. The fourth-order valence-electron chi connectivity index (χ4n) is 1.90. The Labute approximate surface area is 120 Å². The third-order valence-corrected chi connectivity index (χ3v) is 3.00. The largest absolute Gasteiger partial charge is 0.478 e. The second-order valence-corrected chi connectivity index (χ2v) is 4.44. The molecule has 7 nitrogen and oxygen atoms in total. The molecule has 2 aromatic rings. The molecule has 0 aliphatic heterocycles. The number of aromatic carboxylic acids is 1. The number of nitrogens with zero attached hydrogens (tertiary/aromatic N) is 2. The SMILES string of the molecule is CC(Nc1cc([N+](=O)[O-])ccc1C(=O)O)c1cccnc1. The topological polar surface area (TPSA) is 105 Å². The van der Waals surface area contributed by atoms with Gasteiger partial charge >= 0.3 is 5.97 Å². The van der Waals surface area contributed by atoms with Gasteiger partial charge in [0.15, 0.2) is 0 Å².